The maximum atomic E-state index is 4.63. The normalized spacial score (nSPS) is 11.0. The third kappa shape index (κ3) is 5.45. The molecule has 7 aromatic rings. The number of rotatable bonds is 6. The molecule has 0 aliphatic carbocycles. The monoisotopic (exact) mass is 579 g/mol. The highest BCUT2D eigenvalue weighted by molar-refractivity contribution is 6.14. The average molecular weight is 580 g/mol. The maximum Gasteiger partial charge on any atom is 0.0346 e. The van der Waals surface area contributed by atoms with E-state index in [9.17, 15) is 0 Å². The number of nitrogens with zero attached hydrogens (tertiary/aromatic N) is 3. The summed E-state index contributed by atoms with van der Waals surface area (Å²) in [5, 5.41) is 0. The molecule has 7 rings (SSSR count). The van der Waals surface area contributed by atoms with Gasteiger partial charge in [-0.15, -0.1) is 0 Å². The Morgan fingerprint density at radius 2 is 0.533 bits per heavy atom. The fourth-order valence-electron chi connectivity index (χ4n) is 6.17. The van der Waals surface area contributed by atoms with Gasteiger partial charge in [0.25, 0.3) is 0 Å². The summed E-state index contributed by atoms with van der Waals surface area (Å²) in [4.78, 5) is 13.9. The van der Waals surface area contributed by atoms with Gasteiger partial charge in [-0.3, -0.25) is 15.0 Å². The molecule has 0 amide bonds. The smallest absolute Gasteiger partial charge is 0.0346 e. The van der Waals surface area contributed by atoms with E-state index in [1.54, 1.807) is 0 Å². The van der Waals surface area contributed by atoms with Gasteiger partial charge < -0.3 is 0 Å². The maximum absolute atomic E-state index is 4.63. The number of hydrogen-bond acceptors (Lipinski definition) is 3. The first-order valence-corrected chi connectivity index (χ1v) is 15.2. The minimum Gasteiger partial charge on any atom is -0.264 e. The van der Waals surface area contributed by atoms with Gasteiger partial charge in [0, 0.05) is 70.6 Å². The Hall–Kier alpha value is -5.67. The summed E-state index contributed by atoms with van der Waals surface area (Å²) in [5.74, 6) is 0. The lowest BCUT2D eigenvalue weighted by molar-refractivity contribution is 1.31. The van der Waals surface area contributed by atoms with E-state index in [-0.39, 0.29) is 0 Å². The highest BCUT2D eigenvalue weighted by atomic mass is 14.6. The van der Waals surface area contributed by atoms with Crippen molar-refractivity contribution in [1.29, 1.82) is 0 Å². The van der Waals surface area contributed by atoms with Crippen LogP contribution in [0.5, 0.6) is 0 Å². The zero-order valence-corrected chi connectivity index (χ0v) is 25.7. The summed E-state index contributed by atoms with van der Waals surface area (Å²) in [6.45, 7) is 6.40. The molecule has 45 heavy (non-hydrogen) atoms. The van der Waals surface area contributed by atoms with E-state index < -0.39 is 0 Å². The number of pyridine rings is 3. The summed E-state index contributed by atoms with van der Waals surface area (Å²) in [6.07, 6.45) is 11.5. The van der Waals surface area contributed by atoms with Crippen molar-refractivity contribution in [2.75, 3.05) is 0 Å². The number of hydrogen-bond donors (Lipinski definition) is 0. The Bertz CT molecular complexity index is 1800. The van der Waals surface area contributed by atoms with Gasteiger partial charge in [0.2, 0.25) is 0 Å². The van der Waals surface area contributed by atoms with Crippen molar-refractivity contribution in [2.24, 2.45) is 0 Å². The van der Waals surface area contributed by atoms with Crippen molar-refractivity contribution in [3.8, 4) is 66.8 Å². The van der Waals surface area contributed by atoms with Crippen LogP contribution in [0.1, 0.15) is 16.7 Å². The molecule has 0 radical (unpaired) electrons. The topological polar surface area (TPSA) is 38.7 Å². The highest BCUT2D eigenvalue weighted by Crippen LogP contribution is 2.55. The van der Waals surface area contributed by atoms with Crippen LogP contribution in [0.4, 0.5) is 0 Å². The molecule has 0 fully saturated rings. The van der Waals surface area contributed by atoms with Crippen molar-refractivity contribution < 1.29 is 0 Å². The van der Waals surface area contributed by atoms with Crippen molar-refractivity contribution in [3.63, 3.8) is 0 Å². The second-order valence-corrected chi connectivity index (χ2v) is 11.6. The molecular formula is C42H33N3. The summed E-state index contributed by atoms with van der Waals surface area (Å²) >= 11 is 0. The second kappa shape index (κ2) is 12.1. The quantitative estimate of drug-likeness (QED) is 0.197. The van der Waals surface area contributed by atoms with E-state index in [4.69, 9.17) is 0 Å². The van der Waals surface area contributed by atoms with Gasteiger partial charge in [0.15, 0.2) is 0 Å². The molecular weight excluding hydrogens is 546 g/mol. The lowest BCUT2D eigenvalue weighted by Crippen LogP contribution is -2.02. The number of aryl methyl sites for hydroxylation is 3. The van der Waals surface area contributed by atoms with Crippen LogP contribution in [-0.2, 0) is 0 Å². The van der Waals surface area contributed by atoms with Crippen molar-refractivity contribution in [2.45, 2.75) is 20.8 Å². The van der Waals surface area contributed by atoms with Gasteiger partial charge >= 0.3 is 0 Å². The molecule has 3 heteroatoms. The second-order valence-electron chi connectivity index (χ2n) is 11.6. The summed E-state index contributed by atoms with van der Waals surface area (Å²) in [6, 6.07) is 39.2. The van der Waals surface area contributed by atoms with E-state index >= 15 is 0 Å². The Morgan fingerprint density at radius 3 is 0.756 bits per heavy atom. The minimum absolute atomic E-state index is 1.05. The molecule has 0 spiro atoms. The Labute approximate surface area is 265 Å². The first kappa shape index (κ1) is 28.1. The van der Waals surface area contributed by atoms with Gasteiger partial charge in [0.1, 0.15) is 0 Å². The minimum atomic E-state index is 1.05. The van der Waals surface area contributed by atoms with Crippen LogP contribution < -0.4 is 0 Å². The van der Waals surface area contributed by atoms with Crippen LogP contribution in [0.2, 0.25) is 0 Å². The van der Waals surface area contributed by atoms with Crippen LogP contribution in [0.15, 0.2) is 146 Å². The lowest BCUT2D eigenvalue weighted by Gasteiger charge is -2.28. The molecule has 0 N–H and O–H groups in total. The summed E-state index contributed by atoms with van der Waals surface area (Å²) in [5.41, 5.74) is 17.0. The van der Waals surface area contributed by atoms with E-state index in [0.29, 0.717) is 0 Å². The molecule has 4 aromatic carbocycles. The van der Waals surface area contributed by atoms with Crippen LogP contribution in [0.25, 0.3) is 66.8 Å². The van der Waals surface area contributed by atoms with Gasteiger partial charge in [-0.2, -0.15) is 0 Å². The standard InChI is InChI=1S/C42H33N3/c1-28-10-16-31(17-11-28)37-40(34-7-4-22-43-25-34)38(32-18-12-29(2)13-19-32)42(36-9-6-24-45-27-36)39(33-20-14-30(3)15-21-33)41(37)35-8-5-23-44-26-35/h4-27H,1-3H3. The van der Waals surface area contributed by atoms with Crippen LogP contribution >= 0.6 is 0 Å². The molecule has 3 heterocycles. The molecule has 3 nitrogen and oxygen atoms in total. The zero-order valence-electron chi connectivity index (χ0n) is 25.7. The number of benzene rings is 4. The Kier molecular flexibility index (Phi) is 7.59. The molecule has 3 aromatic heterocycles. The van der Waals surface area contributed by atoms with E-state index in [1.807, 2.05) is 55.4 Å². The lowest BCUT2D eigenvalue weighted by atomic mass is 9.74. The molecule has 0 aliphatic rings. The zero-order chi connectivity index (χ0) is 30.8. The van der Waals surface area contributed by atoms with Gasteiger partial charge in [-0.25, -0.2) is 0 Å². The molecule has 0 saturated carbocycles. The van der Waals surface area contributed by atoms with E-state index in [2.05, 4.69) is 127 Å². The average Bonchev–Trinajstić information content (AvgIpc) is 3.09. The molecule has 216 valence electrons. The third-order valence-corrected chi connectivity index (χ3v) is 8.37. The van der Waals surface area contributed by atoms with E-state index in [0.717, 1.165) is 66.8 Å². The molecule has 0 atom stereocenters. The molecule has 0 aliphatic heterocycles. The summed E-state index contributed by atoms with van der Waals surface area (Å²) < 4.78 is 0. The SMILES string of the molecule is Cc1ccc(-c2c(-c3cccnc3)c(-c3ccc(C)cc3)c(-c3cccnc3)c(-c3ccc(C)cc3)c2-c2cccnc2)cc1. The largest absolute Gasteiger partial charge is 0.264 e. The first-order valence-electron chi connectivity index (χ1n) is 15.2. The number of aromatic nitrogens is 3. The van der Waals surface area contributed by atoms with Crippen molar-refractivity contribution in [1.82, 2.24) is 15.0 Å². The van der Waals surface area contributed by atoms with Crippen LogP contribution in [0.3, 0.4) is 0 Å². The fourth-order valence-corrected chi connectivity index (χ4v) is 6.17. The molecule has 0 bridgehead atoms. The predicted octanol–water partition coefficient (Wildman–Crippen LogP) is 10.8. The third-order valence-electron chi connectivity index (χ3n) is 8.37. The Balaban J connectivity index is 1.81. The fraction of sp³-hybridized carbons (Fsp3) is 0.0714. The highest BCUT2D eigenvalue weighted by Gasteiger charge is 2.29. The molecule has 0 saturated heterocycles. The van der Waals surface area contributed by atoms with E-state index in [1.165, 1.54) is 16.7 Å². The first-order chi connectivity index (χ1) is 22.1. The van der Waals surface area contributed by atoms with Gasteiger partial charge in [-0.1, -0.05) is 108 Å². The van der Waals surface area contributed by atoms with Crippen molar-refractivity contribution >= 4 is 0 Å². The predicted molar refractivity (Wildman–Crippen MR) is 187 cm³/mol. The summed E-state index contributed by atoms with van der Waals surface area (Å²) in [7, 11) is 0. The van der Waals surface area contributed by atoms with Gasteiger partial charge in [0.05, 0.1) is 0 Å². The van der Waals surface area contributed by atoms with Crippen LogP contribution in [0, 0.1) is 20.8 Å². The molecule has 0 unspecified atom stereocenters. The Morgan fingerprint density at radius 1 is 0.289 bits per heavy atom. The van der Waals surface area contributed by atoms with Crippen molar-refractivity contribution in [3.05, 3.63) is 163 Å². The van der Waals surface area contributed by atoms with Gasteiger partial charge in [-0.05, 0) is 72.4 Å². The van der Waals surface area contributed by atoms with Crippen LogP contribution in [-0.4, -0.2) is 15.0 Å².